The lowest BCUT2D eigenvalue weighted by Gasteiger charge is -2.22. The van der Waals surface area contributed by atoms with Crippen LogP contribution in [0.2, 0.25) is 0 Å². The van der Waals surface area contributed by atoms with Gasteiger partial charge in [-0.05, 0) is 66.2 Å². The normalized spacial score (nSPS) is 20.6. The molecule has 6 heteroatoms. The molecule has 1 unspecified atom stereocenters. The van der Waals surface area contributed by atoms with E-state index in [1.54, 1.807) is 12.1 Å². The Morgan fingerprint density at radius 3 is 2.41 bits per heavy atom. The Hall–Kier alpha value is 0.150. The summed E-state index contributed by atoms with van der Waals surface area (Å²) in [6.07, 6.45) is 1.70. The Labute approximate surface area is 122 Å². The number of benzene rings is 1. The number of piperidine rings is 1. The molecule has 0 aliphatic carbocycles. The van der Waals surface area contributed by atoms with Crippen LogP contribution in [0.1, 0.15) is 12.8 Å². The van der Waals surface area contributed by atoms with E-state index in [0.717, 1.165) is 23.0 Å². The van der Waals surface area contributed by atoms with Crippen LogP contribution in [0.3, 0.4) is 0 Å². The van der Waals surface area contributed by atoms with Gasteiger partial charge in [0.1, 0.15) is 0 Å². The highest BCUT2D eigenvalue weighted by molar-refractivity contribution is 14.1. The summed E-state index contributed by atoms with van der Waals surface area (Å²) < 4.78 is 25.6. The fourth-order valence-electron chi connectivity index (χ4n) is 1.90. The van der Waals surface area contributed by atoms with E-state index in [1.165, 1.54) is 0 Å². The third-order valence-electron chi connectivity index (χ3n) is 2.83. The number of hydrogen-bond donors (Lipinski definition) is 1. The first kappa shape index (κ1) is 15.2. The quantitative estimate of drug-likeness (QED) is 0.792. The van der Waals surface area contributed by atoms with Crippen molar-refractivity contribution in [2.45, 2.75) is 23.0 Å². The van der Waals surface area contributed by atoms with E-state index in [9.17, 15) is 8.42 Å². The van der Waals surface area contributed by atoms with Crippen LogP contribution >= 0.6 is 35.0 Å². The molecule has 0 bridgehead atoms. The van der Waals surface area contributed by atoms with Gasteiger partial charge >= 0.3 is 0 Å². The molecule has 0 saturated carbocycles. The van der Waals surface area contributed by atoms with Gasteiger partial charge in [-0.2, -0.15) is 0 Å². The molecule has 1 aromatic carbocycles. The van der Waals surface area contributed by atoms with Crippen molar-refractivity contribution in [3.05, 3.63) is 27.8 Å². The summed E-state index contributed by atoms with van der Waals surface area (Å²) in [6.45, 7) is 1.51. The molecule has 3 nitrogen and oxygen atoms in total. The van der Waals surface area contributed by atoms with E-state index >= 15 is 0 Å². The first-order valence-electron chi connectivity index (χ1n) is 5.31. The van der Waals surface area contributed by atoms with Crippen molar-refractivity contribution in [3.8, 4) is 0 Å². The van der Waals surface area contributed by atoms with E-state index in [2.05, 4.69) is 27.9 Å². The molecular weight excluding hydrogens is 373 g/mol. The number of sulfone groups is 1. The minimum Gasteiger partial charge on any atom is -0.315 e. The first-order chi connectivity index (χ1) is 7.60. The Kier molecular flexibility index (Phi) is 5.69. The van der Waals surface area contributed by atoms with E-state index in [-0.39, 0.29) is 17.7 Å². The first-order valence-corrected chi connectivity index (χ1v) is 7.93. The van der Waals surface area contributed by atoms with Gasteiger partial charge in [-0.15, -0.1) is 12.4 Å². The number of halogens is 2. The van der Waals surface area contributed by atoms with Gasteiger partial charge in [0.2, 0.25) is 0 Å². The topological polar surface area (TPSA) is 46.2 Å². The summed E-state index contributed by atoms with van der Waals surface area (Å²) in [7, 11) is -3.14. The molecule has 1 saturated heterocycles. The second-order valence-corrected chi connectivity index (χ2v) is 7.44. The van der Waals surface area contributed by atoms with Gasteiger partial charge in [-0.1, -0.05) is 0 Å². The highest BCUT2D eigenvalue weighted by atomic mass is 127. The minimum absolute atomic E-state index is 0. The van der Waals surface area contributed by atoms with Gasteiger partial charge in [-0.25, -0.2) is 8.42 Å². The summed E-state index contributed by atoms with van der Waals surface area (Å²) in [5.74, 6) is 0. The van der Waals surface area contributed by atoms with Crippen molar-refractivity contribution in [1.29, 1.82) is 0 Å². The lowest BCUT2D eigenvalue weighted by Crippen LogP contribution is -2.38. The lowest BCUT2D eigenvalue weighted by molar-refractivity contribution is 0.497. The van der Waals surface area contributed by atoms with Crippen LogP contribution in [0.15, 0.2) is 29.2 Å². The zero-order valence-corrected chi connectivity index (χ0v) is 13.0. The van der Waals surface area contributed by atoms with Crippen molar-refractivity contribution >= 4 is 44.8 Å². The van der Waals surface area contributed by atoms with Crippen molar-refractivity contribution in [2.75, 3.05) is 13.1 Å². The van der Waals surface area contributed by atoms with Crippen LogP contribution in [0, 0.1) is 3.57 Å². The summed E-state index contributed by atoms with van der Waals surface area (Å²) in [4.78, 5) is 0.446. The molecule has 2 rings (SSSR count). The second-order valence-electron chi connectivity index (χ2n) is 3.97. The molecule has 1 heterocycles. The standard InChI is InChI=1S/C11H14INO2S.ClH/c12-9-3-5-10(6-4-9)16(14,15)11-2-1-7-13-8-11;/h3-6,11,13H,1-2,7-8H2;1H. The van der Waals surface area contributed by atoms with Gasteiger partial charge in [0.25, 0.3) is 0 Å². The number of hydrogen-bond acceptors (Lipinski definition) is 3. The molecule has 17 heavy (non-hydrogen) atoms. The van der Waals surface area contributed by atoms with Crippen molar-refractivity contribution in [3.63, 3.8) is 0 Å². The molecule has 96 valence electrons. The maximum absolute atomic E-state index is 12.3. The molecule has 1 aliphatic heterocycles. The van der Waals surface area contributed by atoms with Crippen LogP contribution in [0.25, 0.3) is 0 Å². The van der Waals surface area contributed by atoms with E-state index < -0.39 is 9.84 Å². The highest BCUT2D eigenvalue weighted by Crippen LogP contribution is 2.21. The smallest absolute Gasteiger partial charge is 0.182 e. The van der Waals surface area contributed by atoms with Crippen LogP contribution in [-0.2, 0) is 9.84 Å². The van der Waals surface area contributed by atoms with Gasteiger partial charge in [0.05, 0.1) is 10.1 Å². The Balaban J connectivity index is 0.00000144. The fourth-order valence-corrected chi connectivity index (χ4v) is 3.98. The Morgan fingerprint density at radius 1 is 1.24 bits per heavy atom. The average molecular weight is 388 g/mol. The molecule has 0 spiro atoms. The molecule has 1 N–H and O–H groups in total. The maximum atomic E-state index is 12.3. The second kappa shape index (κ2) is 6.36. The van der Waals surface area contributed by atoms with Crippen molar-refractivity contribution < 1.29 is 8.42 Å². The molecule has 1 aromatic rings. The summed E-state index contributed by atoms with van der Waals surface area (Å²) in [5, 5.41) is 2.88. The summed E-state index contributed by atoms with van der Waals surface area (Å²) >= 11 is 2.17. The zero-order chi connectivity index (χ0) is 11.6. The largest absolute Gasteiger partial charge is 0.315 e. The lowest BCUT2D eigenvalue weighted by atomic mass is 10.2. The fraction of sp³-hybridized carbons (Fsp3) is 0.455. The monoisotopic (exact) mass is 387 g/mol. The molecule has 0 aromatic heterocycles. The molecule has 0 amide bonds. The predicted octanol–water partition coefficient (Wildman–Crippen LogP) is 2.24. The van der Waals surface area contributed by atoms with Crippen LogP contribution in [0.4, 0.5) is 0 Å². The van der Waals surface area contributed by atoms with Gasteiger partial charge in [-0.3, -0.25) is 0 Å². The number of rotatable bonds is 2. The van der Waals surface area contributed by atoms with Gasteiger partial charge in [0, 0.05) is 10.1 Å². The van der Waals surface area contributed by atoms with Crippen molar-refractivity contribution in [2.24, 2.45) is 0 Å². The molecule has 1 aliphatic rings. The summed E-state index contributed by atoms with van der Waals surface area (Å²) in [6, 6.07) is 7.07. The Morgan fingerprint density at radius 2 is 1.88 bits per heavy atom. The maximum Gasteiger partial charge on any atom is 0.182 e. The predicted molar refractivity (Wildman–Crippen MR) is 79.5 cm³/mol. The zero-order valence-electron chi connectivity index (χ0n) is 9.23. The van der Waals surface area contributed by atoms with Gasteiger partial charge < -0.3 is 5.32 Å². The summed E-state index contributed by atoms with van der Waals surface area (Å²) in [5.41, 5.74) is 0. The van der Waals surface area contributed by atoms with Crippen LogP contribution in [-0.4, -0.2) is 26.8 Å². The van der Waals surface area contributed by atoms with E-state index in [1.807, 2.05) is 12.1 Å². The van der Waals surface area contributed by atoms with Crippen LogP contribution in [0.5, 0.6) is 0 Å². The highest BCUT2D eigenvalue weighted by Gasteiger charge is 2.28. The minimum atomic E-state index is -3.14. The van der Waals surface area contributed by atoms with E-state index in [4.69, 9.17) is 0 Å². The van der Waals surface area contributed by atoms with Crippen LogP contribution < -0.4 is 5.32 Å². The molecule has 1 fully saturated rings. The van der Waals surface area contributed by atoms with E-state index in [0.29, 0.717) is 11.4 Å². The Bertz CT molecular complexity index is 455. The molecular formula is C11H15ClINO2S. The molecule has 1 atom stereocenters. The number of nitrogens with one attached hydrogen (secondary N) is 1. The van der Waals surface area contributed by atoms with Crippen molar-refractivity contribution in [1.82, 2.24) is 5.32 Å². The third-order valence-corrected chi connectivity index (χ3v) is 5.76. The molecule has 0 radical (unpaired) electrons. The third kappa shape index (κ3) is 3.56. The van der Waals surface area contributed by atoms with Gasteiger partial charge in [0.15, 0.2) is 9.84 Å². The average Bonchev–Trinajstić information content (AvgIpc) is 2.31. The SMILES string of the molecule is Cl.O=S(=O)(c1ccc(I)cc1)C1CCCNC1.